The number of fused-ring (bicyclic) bond motifs is 3. The third kappa shape index (κ3) is 2.87. The van der Waals surface area contributed by atoms with Crippen LogP contribution in [-0.4, -0.2) is 17.1 Å². The molecular weight excluding hydrogens is 298 g/mol. The van der Waals surface area contributed by atoms with Crippen molar-refractivity contribution in [2.24, 2.45) is 11.8 Å². The maximum atomic E-state index is 12.5. The number of rotatable bonds is 2. The first-order valence-corrected chi connectivity index (χ1v) is 8.06. The third-order valence-corrected chi connectivity index (χ3v) is 5.17. The van der Waals surface area contributed by atoms with E-state index < -0.39 is 0 Å². The second-order valence-electron chi connectivity index (χ2n) is 6.65. The lowest BCUT2D eigenvalue weighted by atomic mass is 9.71. The van der Waals surface area contributed by atoms with Crippen LogP contribution >= 0.6 is 12.4 Å². The number of esters is 1. The number of aromatic nitrogens is 1. The largest absolute Gasteiger partial charge is 0.459 e. The first-order chi connectivity index (χ1) is 10.3. The van der Waals surface area contributed by atoms with E-state index in [2.05, 4.69) is 4.98 Å². The van der Waals surface area contributed by atoms with E-state index in [1.165, 1.54) is 25.7 Å². The fourth-order valence-electron chi connectivity index (χ4n) is 4.22. The molecule has 2 aromatic rings. The van der Waals surface area contributed by atoms with Gasteiger partial charge in [0.1, 0.15) is 6.10 Å². The monoisotopic (exact) mass is 319 g/mol. The summed E-state index contributed by atoms with van der Waals surface area (Å²) in [6.45, 7) is 0. The first kappa shape index (κ1) is 15.4. The van der Waals surface area contributed by atoms with Crippen LogP contribution in [0.1, 0.15) is 48.9 Å². The molecule has 1 heterocycles. The predicted octanol–water partition coefficient (Wildman–Crippen LogP) is 4.72. The van der Waals surface area contributed by atoms with E-state index in [0.29, 0.717) is 5.56 Å². The maximum absolute atomic E-state index is 12.5. The quantitative estimate of drug-likeness (QED) is 0.814. The number of benzene rings is 1. The van der Waals surface area contributed by atoms with Crippen molar-refractivity contribution in [1.29, 1.82) is 0 Å². The summed E-state index contributed by atoms with van der Waals surface area (Å²) in [5, 5.41) is 0.957. The van der Waals surface area contributed by atoms with Gasteiger partial charge in [-0.2, -0.15) is 0 Å². The lowest BCUT2D eigenvalue weighted by Crippen LogP contribution is -2.33. The SMILES string of the molecule is Cl.O=C(OC1CC2CCCC(C2)C1)c1c[nH]c2ccccc12. The Balaban J connectivity index is 0.00000144. The highest BCUT2D eigenvalue weighted by atomic mass is 35.5. The Labute approximate surface area is 136 Å². The van der Waals surface area contributed by atoms with Crippen LogP contribution in [0.3, 0.4) is 0 Å². The van der Waals surface area contributed by atoms with Gasteiger partial charge in [-0.25, -0.2) is 4.79 Å². The fourth-order valence-corrected chi connectivity index (χ4v) is 4.22. The Morgan fingerprint density at radius 2 is 1.82 bits per heavy atom. The van der Waals surface area contributed by atoms with Crippen LogP contribution in [-0.2, 0) is 4.74 Å². The average molecular weight is 320 g/mol. The molecule has 2 atom stereocenters. The highest BCUT2D eigenvalue weighted by Gasteiger charge is 2.34. The number of para-hydroxylation sites is 1. The summed E-state index contributed by atoms with van der Waals surface area (Å²) in [4.78, 5) is 15.6. The normalized spacial score (nSPS) is 27.2. The molecule has 0 radical (unpaired) electrons. The van der Waals surface area contributed by atoms with E-state index in [-0.39, 0.29) is 24.5 Å². The smallest absolute Gasteiger partial charge is 0.340 e. The van der Waals surface area contributed by atoms with Gasteiger partial charge < -0.3 is 9.72 Å². The molecule has 2 saturated carbocycles. The number of hydrogen-bond donors (Lipinski definition) is 1. The number of hydrogen-bond acceptors (Lipinski definition) is 2. The van der Waals surface area contributed by atoms with Gasteiger partial charge in [-0.1, -0.05) is 37.5 Å². The van der Waals surface area contributed by atoms with Crippen molar-refractivity contribution < 1.29 is 9.53 Å². The van der Waals surface area contributed by atoms with Crippen molar-refractivity contribution in [1.82, 2.24) is 4.98 Å². The van der Waals surface area contributed by atoms with E-state index in [0.717, 1.165) is 35.6 Å². The molecule has 4 heteroatoms. The molecule has 2 aliphatic carbocycles. The highest BCUT2D eigenvalue weighted by Crippen LogP contribution is 2.41. The van der Waals surface area contributed by atoms with Crippen LogP contribution in [0.25, 0.3) is 10.9 Å². The number of nitrogens with one attached hydrogen (secondary N) is 1. The standard InChI is InChI=1S/C18H21NO2.ClH/c20-18(16-11-19-17-7-2-1-6-15(16)17)21-14-9-12-4-3-5-13(8-12)10-14;/h1-2,6-7,11-14,19H,3-5,8-10H2;1H. The minimum absolute atomic E-state index is 0. The van der Waals surface area contributed by atoms with Gasteiger partial charge in [-0.15, -0.1) is 12.4 Å². The molecule has 2 unspecified atom stereocenters. The van der Waals surface area contributed by atoms with Gasteiger partial charge >= 0.3 is 5.97 Å². The van der Waals surface area contributed by atoms with Crippen molar-refractivity contribution in [2.45, 2.75) is 44.6 Å². The summed E-state index contributed by atoms with van der Waals surface area (Å²) >= 11 is 0. The summed E-state index contributed by atoms with van der Waals surface area (Å²) in [6, 6.07) is 7.88. The molecule has 0 aliphatic heterocycles. The lowest BCUT2D eigenvalue weighted by Gasteiger charge is -2.38. The molecule has 4 rings (SSSR count). The number of aromatic amines is 1. The topological polar surface area (TPSA) is 42.1 Å². The van der Waals surface area contributed by atoms with Gasteiger partial charge in [0.05, 0.1) is 5.56 Å². The van der Waals surface area contributed by atoms with Gasteiger partial charge in [0, 0.05) is 17.1 Å². The summed E-state index contributed by atoms with van der Waals surface area (Å²) in [7, 11) is 0. The van der Waals surface area contributed by atoms with E-state index >= 15 is 0 Å². The lowest BCUT2D eigenvalue weighted by molar-refractivity contribution is -0.00356. The van der Waals surface area contributed by atoms with Crippen LogP contribution in [0, 0.1) is 11.8 Å². The van der Waals surface area contributed by atoms with Crippen LogP contribution in [0.15, 0.2) is 30.5 Å². The number of carbonyl (C=O) groups excluding carboxylic acids is 1. The molecule has 0 spiro atoms. The summed E-state index contributed by atoms with van der Waals surface area (Å²) in [6.07, 6.45) is 9.36. The Morgan fingerprint density at radius 1 is 1.09 bits per heavy atom. The Hall–Kier alpha value is -1.48. The molecule has 0 saturated heterocycles. The van der Waals surface area contributed by atoms with E-state index in [9.17, 15) is 4.79 Å². The number of ether oxygens (including phenoxy) is 1. The number of halogens is 1. The van der Waals surface area contributed by atoms with Gasteiger partial charge in [0.2, 0.25) is 0 Å². The molecule has 1 N–H and O–H groups in total. The molecule has 1 aromatic carbocycles. The van der Waals surface area contributed by atoms with Crippen molar-refractivity contribution in [2.75, 3.05) is 0 Å². The zero-order valence-corrected chi connectivity index (χ0v) is 13.4. The van der Waals surface area contributed by atoms with Crippen LogP contribution in [0.5, 0.6) is 0 Å². The fraction of sp³-hybridized carbons (Fsp3) is 0.500. The van der Waals surface area contributed by atoms with Gasteiger partial charge in [0.25, 0.3) is 0 Å². The van der Waals surface area contributed by atoms with Crippen molar-refractivity contribution in [3.63, 3.8) is 0 Å². The van der Waals surface area contributed by atoms with Crippen molar-refractivity contribution >= 4 is 29.3 Å². The third-order valence-electron chi connectivity index (χ3n) is 5.17. The van der Waals surface area contributed by atoms with Crippen molar-refractivity contribution in [3.05, 3.63) is 36.0 Å². The van der Waals surface area contributed by atoms with Gasteiger partial charge in [-0.3, -0.25) is 0 Å². The maximum Gasteiger partial charge on any atom is 0.340 e. The predicted molar refractivity (Wildman–Crippen MR) is 89.4 cm³/mol. The van der Waals surface area contributed by atoms with Crippen LogP contribution in [0.4, 0.5) is 0 Å². The van der Waals surface area contributed by atoms with E-state index in [4.69, 9.17) is 4.74 Å². The zero-order valence-electron chi connectivity index (χ0n) is 12.6. The minimum atomic E-state index is -0.169. The van der Waals surface area contributed by atoms with Gasteiger partial charge in [-0.05, 0) is 37.2 Å². The van der Waals surface area contributed by atoms with Gasteiger partial charge in [0.15, 0.2) is 0 Å². The Morgan fingerprint density at radius 3 is 2.59 bits per heavy atom. The van der Waals surface area contributed by atoms with Crippen molar-refractivity contribution in [3.8, 4) is 0 Å². The van der Waals surface area contributed by atoms with E-state index in [1.807, 2.05) is 24.3 Å². The molecule has 118 valence electrons. The van der Waals surface area contributed by atoms with Crippen LogP contribution in [0.2, 0.25) is 0 Å². The Bertz CT molecular complexity index is 654. The molecule has 3 nitrogen and oxygen atoms in total. The van der Waals surface area contributed by atoms with Crippen LogP contribution < -0.4 is 0 Å². The summed E-state index contributed by atoms with van der Waals surface area (Å²) in [5.41, 5.74) is 1.66. The number of H-pyrrole nitrogens is 1. The van der Waals surface area contributed by atoms with E-state index in [1.54, 1.807) is 6.20 Å². The molecular formula is C18H22ClNO2. The zero-order chi connectivity index (χ0) is 14.2. The molecule has 1 aromatic heterocycles. The molecule has 2 aliphatic rings. The Kier molecular flexibility index (Phi) is 4.44. The second kappa shape index (κ2) is 6.33. The summed E-state index contributed by atoms with van der Waals surface area (Å²) < 4.78 is 5.82. The number of carbonyl (C=O) groups is 1. The highest BCUT2D eigenvalue weighted by molar-refractivity contribution is 6.04. The molecule has 2 bridgehead atoms. The molecule has 22 heavy (non-hydrogen) atoms. The minimum Gasteiger partial charge on any atom is -0.459 e. The second-order valence-corrected chi connectivity index (χ2v) is 6.65. The molecule has 0 amide bonds. The average Bonchev–Trinajstić information content (AvgIpc) is 2.91. The first-order valence-electron chi connectivity index (χ1n) is 8.06. The summed E-state index contributed by atoms with van der Waals surface area (Å²) in [5.74, 6) is 1.38. The molecule has 2 fully saturated rings.